The highest BCUT2D eigenvalue weighted by Crippen LogP contribution is 2.08. The van der Waals surface area contributed by atoms with Gasteiger partial charge in [0.2, 0.25) is 0 Å². The van der Waals surface area contributed by atoms with Crippen LogP contribution in [0.1, 0.15) is 12.0 Å². The molecule has 1 aromatic rings. The van der Waals surface area contributed by atoms with Crippen molar-refractivity contribution >= 4 is 10.1 Å². The molecule has 19 heavy (non-hydrogen) atoms. The van der Waals surface area contributed by atoms with Crippen LogP contribution in [-0.2, 0) is 10.1 Å². The summed E-state index contributed by atoms with van der Waals surface area (Å²) in [4.78, 5) is -0.0666. The number of rotatable bonds is 3. The van der Waals surface area contributed by atoms with Gasteiger partial charge in [-0.15, -0.1) is 0 Å². The second-order valence-corrected chi connectivity index (χ2v) is 6.63. The van der Waals surface area contributed by atoms with E-state index < -0.39 is 10.1 Å². The molecule has 0 unspecified atom stereocenters. The molecule has 0 radical (unpaired) electrons. The Morgan fingerprint density at radius 1 is 1.21 bits per heavy atom. The molecule has 0 aliphatic carbocycles. The fourth-order valence-electron chi connectivity index (χ4n) is 1.10. The third kappa shape index (κ3) is 9.19. The number of quaternary nitrogens is 1. The number of nitrogens with zero attached hydrogens (tertiary/aromatic N) is 2. The molecule has 0 saturated carbocycles. The van der Waals surface area contributed by atoms with Crippen molar-refractivity contribution in [2.75, 3.05) is 27.7 Å². The van der Waals surface area contributed by atoms with Crippen molar-refractivity contribution in [1.82, 2.24) is 0 Å². The fraction of sp³-hybridized carbons (Fsp3) is 0.462. The second kappa shape index (κ2) is 7.24. The molecule has 0 amide bonds. The summed E-state index contributed by atoms with van der Waals surface area (Å²) in [5, 5.41) is 8.17. The van der Waals surface area contributed by atoms with Crippen molar-refractivity contribution in [3.05, 3.63) is 29.8 Å². The first-order valence-electron chi connectivity index (χ1n) is 5.78. The summed E-state index contributed by atoms with van der Waals surface area (Å²) in [5.74, 6) is 0. The molecule has 0 bridgehead atoms. The van der Waals surface area contributed by atoms with Gasteiger partial charge in [0.1, 0.15) is 0 Å². The van der Waals surface area contributed by atoms with Gasteiger partial charge in [-0.05, 0) is 19.1 Å². The van der Waals surface area contributed by atoms with E-state index in [0.29, 0.717) is 6.42 Å². The van der Waals surface area contributed by atoms with Gasteiger partial charge in [-0.1, -0.05) is 17.7 Å². The third-order valence-corrected chi connectivity index (χ3v) is 3.08. The summed E-state index contributed by atoms with van der Waals surface area (Å²) < 4.78 is 30.4. The molecule has 5 nitrogen and oxygen atoms in total. The average Bonchev–Trinajstić information content (AvgIpc) is 2.25. The zero-order valence-corrected chi connectivity index (χ0v) is 12.6. The molecule has 1 rings (SSSR count). The molecule has 0 saturated heterocycles. The van der Waals surface area contributed by atoms with Gasteiger partial charge in [-0.2, -0.15) is 13.7 Å². The molecule has 1 aromatic carbocycles. The molecule has 1 N–H and O–H groups in total. The first kappa shape index (κ1) is 17.6. The van der Waals surface area contributed by atoms with E-state index in [9.17, 15) is 8.42 Å². The maximum absolute atomic E-state index is 10.5. The van der Waals surface area contributed by atoms with E-state index >= 15 is 0 Å². The molecule has 106 valence electrons. The van der Waals surface area contributed by atoms with Gasteiger partial charge >= 0.3 is 0 Å². The normalized spacial score (nSPS) is 11.2. The lowest BCUT2D eigenvalue weighted by atomic mass is 10.2. The van der Waals surface area contributed by atoms with Gasteiger partial charge in [0.25, 0.3) is 10.1 Å². The monoisotopic (exact) mass is 285 g/mol. The quantitative estimate of drug-likeness (QED) is 0.679. The Balaban J connectivity index is 0.000000362. The summed E-state index contributed by atoms with van der Waals surface area (Å²) in [7, 11) is 2.22. The first-order chi connectivity index (χ1) is 8.56. The van der Waals surface area contributed by atoms with Gasteiger partial charge in [-0.25, -0.2) is 0 Å². The lowest BCUT2D eigenvalue weighted by Crippen LogP contribution is -2.34. The predicted octanol–water partition coefficient (Wildman–Crippen LogP) is 1.85. The van der Waals surface area contributed by atoms with Crippen LogP contribution in [0.25, 0.3) is 0 Å². The Bertz CT molecular complexity index is 522. The maximum Gasteiger partial charge on any atom is 0.294 e. The summed E-state index contributed by atoms with van der Waals surface area (Å²) in [6.45, 7) is 2.78. The van der Waals surface area contributed by atoms with Crippen molar-refractivity contribution in [3.63, 3.8) is 0 Å². The molecule has 0 aliphatic heterocycles. The number of hydrogen-bond acceptors (Lipinski definition) is 3. The number of hydrogen-bond donors (Lipinski definition) is 1. The third-order valence-electron chi connectivity index (χ3n) is 2.21. The molecule has 0 aromatic heterocycles. The smallest absolute Gasteiger partial charge is 0.294 e. The lowest BCUT2D eigenvalue weighted by Gasteiger charge is -2.21. The van der Waals surface area contributed by atoms with Crippen LogP contribution < -0.4 is 0 Å². The van der Waals surface area contributed by atoms with Crippen molar-refractivity contribution < 1.29 is 17.5 Å². The van der Waals surface area contributed by atoms with Gasteiger partial charge in [-0.3, -0.25) is 4.55 Å². The Kier molecular flexibility index (Phi) is 6.70. The Morgan fingerprint density at radius 3 is 1.95 bits per heavy atom. The van der Waals surface area contributed by atoms with E-state index in [1.807, 2.05) is 6.92 Å². The Hall–Kier alpha value is -1.42. The number of benzene rings is 1. The maximum atomic E-state index is 10.5. The zero-order valence-electron chi connectivity index (χ0n) is 11.8. The molecule has 0 heterocycles. The Morgan fingerprint density at radius 2 is 1.68 bits per heavy atom. The van der Waals surface area contributed by atoms with Crippen LogP contribution >= 0.6 is 0 Å². The van der Waals surface area contributed by atoms with Crippen LogP contribution in [0, 0.1) is 18.3 Å². The highest BCUT2D eigenvalue weighted by molar-refractivity contribution is 7.85. The fourth-order valence-corrected chi connectivity index (χ4v) is 1.58. The number of nitriles is 1. The topological polar surface area (TPSA) is 78.2 Å². The molecular formula is C13H21N2O3S+. The SMILES string of the molecule is C[N+](C)(C)CCC#N.Cc1ccc(S(=O)(=O)O)cc1. The Labute approximate surface area is 115 Å². The van der Waals surface area contributed by atoms with Gasteiger partial charge in [0.05, 0.1) is 45.1 Å². The minimum absolute atomic E-state index is 0.0666. The summed E-state index contributed by atoms with van der Waals surface area (Å²) in [5.41, 5.74) is 0.956. The predicted molar refractivity (Wildman–Crippen MR) is 74.1 cm³/mol. The van der Waals surface area contributed by atoms with Gasteiger partial charge in [0, 0.05) is 0 Å². The largest absolute Gasteiger partial charge is 0.330 e. The van der Waals surface area contributed by atoms with Crippen molar-refractivity contribution in [2.45, 2.75) is 18.2 Å². The lowest BCUT2D eigenvalue weighted by molar-refractivity contribution is -0.869. The summed E-state index contributed by atoms with van der Waals surface area (Å²) in [6, 6.07) is 8.10. The molecule has 0 spiro atoms. The second-order valence-electron chi connectivity index (χ2n) is 5.21. The van der Waals surface area contributed by atoms with E-state index in [1.54, 1.807) is 12.1 Å². The van der Waals surface area contributed by atoms with Crippen LogP contribution in [-0.4, -0.2) is 45.1 Å². The van der Waals surface area contributed by atoms with Crippen LogP contribution in [0.5, 0.6) is 0 Å². The first-order valence-corrected chi connectivity index (χ1v) is 7.22. The van der Waals surface area contributed by atoms with E-state index in [-0.39, 0.29) is 4.90 Å². The van der Waals surface area contributed by atoms with Gasteiger partial charge < -0.3 is 4.48 Å². The standard InChI is InChI=1S/C7H8O3S.C6H13N2/c1-6-2-4-7(5-3-6)11(8,9)10;1-8(2,3)6-4-5-7/h2-5H,1H3,(H,8,9,10);4,6H2,1-3H3/q;+1. The van der Waals surface area contributed by atoms with Crippen molar-refractivity contribution in [1.29, 1.82) is 5.26 Å². The van der Waals surface area contributed by atoms with E-state index in [0.717, 1.165) is 16.6 Å². The zero-order chi connectivity index (χ0) is 15.1. The summed E-state index contributed by atoms with van der Waals surface area (Å²) in [6.07, 6.45) is 0.656. The molecular weight excluding hydrogens is 264 g/mol. The highest BCUT2D eigenvalue weighted by atomic mass is 32.2. The minimum Gasteiger partial charge on any atom is -0.330 e. The van der Waals surface area contributed by atoms with Crippen LogP contribution in [0.15, 0.2) is 29.2 Å². The molecule has 0 fully saturated rings. The van der Waals surface area contributed by atoms with Crippen molar-refractivity contribution in [3.8, 4) is 6.07 Å². The van der Waals surface area contributed by atoms with Crippen molar-refractivity contribution in [2.24, 2.45) is 0 Å². The highest BCUT2D eigenvalue weighted by Gasteiger charge is 2.06. The van der Waals surface area contributed by atoms with E-state index in [2.05, 4.69) is 27.2 Å². The van der Waals surface area contributed by atoms with Crippen LogP contribution in [0.4, 0.5) is 0 Å². The number of aryl methyl sites for hydroxylation is 1. The van der Waals surface area contributed by atoms with Crippen LogP contribution in [0.2, 0.25) is 0 Å². The molecule has 0 aliphatic rings. The van der Waals surface area contributed by atoms with Crippen LogP contribution in [0.3, 0.4) is 0 Å². The minimum atomic E-state index is -4.02. The summed E-state index contributed by atoms with van der Waals surface area (Å²) >= 11 is 0. The van der Waals surface area contributed by atoms with Gasteiger partial charge in [0.15, 0.2) is 0 Å². The molecule has 0 atom stereocenters. The van der Waals surface area contributed by atoms with E-state index in [1.165, 1.54) is 12.1 Å². The van der Waals surface area contributed by atoms with E-state index in [4.69, 9.17) is 9.81 Å². The average molecular weight is 285 g/mol. The molecule has 6 heteroatoms.